The van der Waals surface area contributed by atoms with E-state index in [1.54, 1.807) is 117 Å². The fourth-order valence-electron chi connectivity index (χ4n) is 6.98. The molecule has 41 heteroatoms. The van der Waals surface area contributed by atoms with Gasteiger partial charge in [0.1, 0.15) is 42.3 Å². The third-order valence-electron chi connectivity index (χ3n) is 11.0. The van der Waals surface area contributed by atoms with Gasteiger partial charge in [0.15, 0.2) is 0 Å². The van der Waals surface area contributed by atoms with Gasteiger partial charge in [0.05, 0.1) is 5.69 Å². The van der Waals surface area contributed by atoms with Crippen molar-refractivity contribution >= 4 is 84.7 Å². The van der Waals surface area contributed by atoms with Crippen molar-refractivity contribution in [1.29, 1.82) is 10.8 Å². The Morgan fingerprint density at radius 1 is 0.509 bits per heavy atom. The number of alkyl carbamates (subject to hydrolysis) is 3. The molecule has 9 aromatic rings. The number of hydrogen-bond acceptors (Lipinski definition) is 22. The predicted molar refractivity (Wildman–Crippen MR) is 386 cm³/mol. The van der Waals surface area contributed by atoms with Crippen LogP contribution in [0.2, 0.25) is 0 Å². The average Bonchev–Trinajstić information content (AvgIpc) is 1.85. The van der Waals surface area contributed by atoms with Crippen LogP contribution in [0.3, 0.4) is 0 Å². The molecule has 0 radical (unpaired) electrons. The molecular formula is C65H85ClN25O15+. The minimum atomic E-state index is -1.50. The molecule has 0 atom stereocenters. The van der Waals surface area contributed by atoms with E-state index < -0.39 is 58.4 Å². The number of aryl methyl sites for hydroxylation is 2. The predicted octanol–water partition coefficient (Wildman–Crippen LogP) is 6.59. The SMILES string of the molecule is CC(C)(C)OC(=O)N=C(NC(=O)OC(C)(C)C)n1cccn1.CC(C)(C)OC(=O)NC(=N)n1cccn1.Cc1cc(C)n(C(N)=[NH2+])n1.Cl.N=C(N)n1cccn1.NC(=NC(=O)OCc1ccccc1)n1cccn1.O=C(N=C(NC(=O)OCc1ccccc1)n1cccn1)OCc1ccccc1.O=[N+]([O-])O. The first-order valence-corrected chi connectivity index (χ1v) is 30.8. The Labute approximate surface area is 613 Å². The topological polar surface area (TPSA) is 553 Å². The number of nitrogens with zero attached hydrogens (tertiary/aromatic N) is 16. The van der Waals surface area contributed by atoms with Crippen molar-refractivity contribution in [2.75, 3.05) is 0 Å². The van der Waals surface area contributed by atoms with Gasteiger partial charge in [-0.2, -0.15) is 25.5 Å². The number of halogens is 1. The van der Waals surface area contributed by atoms with Crippen LogP contribution < -0.4 is 38.6 Å². The molecule has 0 aliphatic rings. The number of nitrogen functional groups attached to an aromatic ring is 1. The van der Waals surface area contributed by atoms with E-state index in [2.05, 4.69) is 61.5 Å². The van der Waals surface area contributed by atoms with Gasteiger partial charge in [0, 0.05) is 62.0 Å². The maximum absolute atomic E-state index is 12.1. The first-order valence-electron chi connectivity index (χ1n) is 30.8. The van der Waals surface area contributed by atoms with Crippen molar-refractivity contribution in [3.05, 3.63) is 228 Å². The lowest BCUT2D eigenvalue weighted by atomic mass is 10.2. The standard InChI is InChI=1S/C20H18N4O4.C14H22N4O4.C12H12N4O2.C9H14N4O2.C6H10N4.C4H6N4.ClH.HNO3/c25-19(27-14-16-8-3-1-4-9-16)22-18(24-13-7-12-21-24)23-20(26)28-15-17-10-5-2-6-11-17;1-13(2,3)21-11(19)16-10(18-9-7-8-15-18)17-12(20)22-14(4,5)6;13-11(16-8-4-7-14-16)15-12(17)18-9-10-5-2-1-3-6-10;1-9(2,3)15-8(14)12-7(10)13-6-4-5-11-13;1-4-3-5(2)10(9-4)6(7)8;5-4(6)8-3-1-2-7-8;;2-1(3)4/h1-13H,14-15H2,(H,22,23,25,26);7-9H,1-6H3,(H,16,17,19,20);1-8H,9H2,(H2,13,15,17);4-6H,1-3H3,(H2,10,12,14);3H,1-2H3,(H3,7,8);1-3H,(H3,5,6);1H;(H,2,3,4)/p+1. The van der Waals surface area contributed by atoms with Crippen LogP contribution in [0.25, 0.3) is 0 Å². The molecule has 6 amide bonds. The summed E-state index contributed by atoms with van der Waals surface area (Å²) in [6.45, 7) is 19.7. The summed E-state index contributed by atoms with van der Waals surface area (Å²) < 4.78 is 38.1. The molecule has 6 heterocycles. The van der Waals surface area contributed by atoms with Crippen LogP contribution in [0.5, 0.6) is 0 Å². The monoisotopic (exact) mass is 1490 g/mol. The lowest BCUT2D eigenvalue weighted by Gasteiger charge is -2.20. The van der Waals surface area contributed by atoms with Crippen LogP contribution in [0.15, 0.2) is 204 Å². The third kappa shape index (κ3) is 39.2. The molecule has 0 saturated carbocycles. The fraction of sp³-hybridized carbons (Fsp3) is 0.262. The molecule has 3 aromatic carbocycles. The van der Waals surface area contributed by atoms with Crippen LogP contribution in [-0.2, 0) is 48.2 Å². The summed E-state index contributed by atoms with van der Waals surface area (Å²) in [7, 11) is 0. The third-order valence-corrected chi connectivity index (χ3v) is 11.0. The number of nitrogens with two attached hydrogens (primary N) is 4. The second-order valence-corrected chi connectivity index (χ2v) is 23.3. The van der Waals surface area contributed by atoms with Crippen LogP contribution >= 0.6 is 12.4 Å². The molecule has 566 valence electrons. The highest BCUT2D eigenvalue weighted by molar-refractivity contribution is 6.00. The largest absolute Gasteiger partial charge is 0.444 e. The van der Waals surface area contributed by atoms with Gasteiger partial charge in [-0.1, -0.05) is 91.0 Å². The fourth-order valence-corrected chi connectivity index (χ4v) is 6.98. The number of benzene rings is 3. The molecular weight excluding hydrogens is 1410 g/mol. The van der Waals surface area contributed by atoms with E-state index in [1.165, 1.54) is 65.3 Å². The number of carbonyl (C=O) groups is 6. The number of carbonyl (C=O) groups excluding carboxylic acids is 6. The van der Waals surface area contributed by atoms with Crippen molar-refractivity contribution in [3.8, 4) is 0 Å². The first-order chi connectivity index (χ1) is 49.4. The highest BCUT2D eigenvalue weighted by Crippen LogP contribution is 2.11. The molecule has 0 bridgehead atoms. The quantitative estimate of drug-likeness (QED) is 0.0276. The molecule has 106 heavy (non-hydrogen) atoms. The Balaban J connectivity index is 0.000000443. The molecule has 14 N–H and O–H groups in total. The summed E-state index contributed by atoms with van der Waals surface area (Å²) >= 11 is 0. The molecule has 0 aliphatic carbocycles. The minimum Gasteiger partial charge on any atom is -0.444 e. The van der Waals surface area contributed by atoms with Crippen molar-refractivity contribution in [2.45, 2.75) is 113 Å². The van der Waals surface area contributed by atoms with Gasteiger partial charge in [-0.3, -0.25) is 37.9 Å². The zero-order valence-electron chi connectivity index (χ0n) is 59.6. The zero-order chi connectivity index (χ0) is 78.1. The molecule has 9 rings (SSSR count). The van der Waals surface area contributed by atoms with E-state index >= 15 is 0 Å². The van der Waals surface area contributed by atoms with E-state index in [9.17, 15) is 28.8 Å². The number of nitrogens with one attached hydrogen (secondary N) is 5. The van der Waals surface area contributed by atoms with Gasteiger partial charge in [-0.05, 0) is 129 Å². The Kier molecular flexibility index (Phi) is 37.4. The lowest BCUT2D eigenvalue weighted by molar-refractivity contribution is -0.742. The highest BCUT2D eigenvalue weighted by atomic mass is 35.5. The number of hydrogen-bond donors (Lipinski definition) is 10. The smallest absolute Gasteiger partial charge is 0.437 e. The molecule has 0 spiro atoms. The first kappa shape index (κ1) is 88.1. The Morgan fingerprint density at radius 3 is 1.18 bits per heavy atom. The highest BCUT2D eigenvalue weighted by Gasteiger charge is 2.22. The van der Waals surface area contributed by atoms with E-state index in [4.69, 9.17) is 77.2 Å². The number of amides is 6. The van der Waals surface area contributed by atoms with Crippen LogP contribution in [0, 0.1) is 34.8 Å². The van der Waals surface area contributed by atoms with Crippen molar-refractivity contribution < 1.29 is 72.9 Å². The van der Waals surface area contributed by atoms with Crippen LogP contribution in [0.1, 0.15) is 90.4 Å². The minimum absolute atomic E-state index is 0. The summed E-state index contributed by atoms with van der Waals surface area (Å²) in [5, 5.41) is 63.6. The normalized spacial score (nSPS) is 10.8. The van der Waals surface area contributed by atoms with Gasteiger partial charge >= 0.3 is 42.5 Å². The molecule has 6 aromatic heterocycles. The summed E-state index contributed by atoms with van der Waals surface area (Å²) in [6, 6.07) is 38.0. The van der Waals surface area contributed by atoms with Gasteiger partial charge in [0.25, 0.3) is 5.09 Å². The molecule has 0 saturated heterocycles. The van der Waals surface area contributed by atoms with E-state index in [-0.39, 0.29) is 68.0 Å². The summed E-state index contributed by atoms with van der Waals surface area (Å²) in [4.78, 5) is 89.8. The summed E-state index contributed by atoms with van der Waals surface area (Å²) in [5.41, 5.74) is 18.4. The van der Waals surface area contributed by atoms with E-state index in [0.717, 1.165) is 28.1 Å². The van der Waals surface area contributed by atoms with Crippen molar-refractivity contribution in [2.24, 2.45) is 32.2 Å². The number of aliphatic imine (C=N–C) groups is 3. The van der Waals surface area contributed by atoms with E-state index in [1.807, 2.05) is 111 Å². The van der Waals surface area contributed by atoms with Gasteiger partial charge in [0.2, 0.25) is 29.8 Å². The summed E-state index contributed by atoms with van der Waals surface area (Å²) in [6.07, 6.45) is 10.8. The molecule has 0 fully saturated rings. The molecule has 0 aliphatic heterocycles. The van der Waals surface area contributed by atoms with Crippen molar-refractivity contribution in [3.63, 3.8) is 0 Å². The summed E-state index contributed by atoms with van der Waals surface area (Å²) in [5.74, 6) is -0.248. The van der Waals surface area contributed by atoms with Crippen LogP contribution in [0.4, 0.5) is 28.8 Å². The van der Waals surface area contributed by atoms with Gasteiger partial charge in [-0.25, -0.2) is 52.2 Å². The van der Waals surface area contributed by atoms with Gasteiger partial charge in [-0.15, -0.1) is 47.3 Å². The zero-order valence-corrected chi connectivity index (χ0v) is 60.4. The Hall–Kier alpha value is -14.0. The second-order valence-electron chi connectivity index (χ2n) is 23.3. The Morgan fingerprint density at radius 2 is 0.849 bits per heavy atom. The lowest BCUT2D eigenvalue weighted by Crippen LogP contribution is -2.51. The second kappa shape index (κ2) is 45.0. The van der Waals surface area contributed by atoms with E-state index in [0.29, 0.717) is 0 Å². The number of ether oxygens (including phenoxy) is 6. The molecule has 0 unspecified atom stereocenters. The van der Waals surface area contributed by atoms with Gasteiger partial charge < -0.3 is 45.1 Å². The maximum Gasteiger partial charge on any atom is 0.437 e. The Bertz CT molecular complexity index is 4240. The van der Waals surface area contributed by atoms with Crippen LogP contribution in [-0.4, -0.2) is 158 Å². The maximum atomic E-state index is 12.1. The average molecular weight is 1490 g/mol. The number of aromatic nitrogens is 12. The van der Waals surface area contributed by atoms with Crippen molar-refractivity contribution in [1.82, 2.24) is 74.6 Å². The molecule has 40 nitrogen and oxygen atoms in total. The number of rotatable bonds is 6.